The lowest BCUT2D eigenvalue weighted by atomic mass is 10.2. The van der Waals surface area contributed by atoms with Gasteiger partial charge in [0.2, 0.25) is 0 Å². The summed E-state index contributed by atoms with van der Waals surface area (Å²) in [6.07, 6.45) is 5.31. The minimum absolute atomic E-state index is 0.286. The maximum atomic E-state index is 13.7. The van der Waals surface area contributed by atoms with Crippen molar-refractivity contribution in [3.8, 4) is 11.4 Å². The molecule has 3 aromatic rings. The molecule has 1 aromatic heterocycles. The molecule has 1 heterocycles. The van der Waals surface area contributed by atoms with Crippen molar-refractivity contribution in [2.45, 2.75) is 0 Å². The van der Waals surface area contributed by atoms with Gasteiger partial charge in [0.05, 0.1) is 5.69 Å². The number of benzene rings is 2. The van der Waals surface area contributed by atoms with Gasteiger partial charge in [-0.2, -0.15) is 0 Å². The molecule has 120 valence electrons. The molecule has 0 atom stereocenters. The number of hydrogen-bond acceptors (Lipinski definition) is 2. The van der Waals surface area contributed by atoms with Gasteiger partial charge in [0, 0.05) is 25.4 Å². The van der Waals surface area contributed by atoms with Gasteiger partial charge in [-0.05, 0) is 70.6 Å². The van der Waals surface area contributed by atoms with E-state index in [4.69, 9.17) is 23.2 Å². The first-order chi connectivity index (χ1) is 11.5. The Kier molecular flexibility index (Phi) is 5.48. The summed E-state index contributed by atoms with van der Waals surface area (Å²) in [5, 5.41) is 1.15. The Hall–Kier alpha value is -1.50. The first-order valence-corrected chi connectivity index (χ1v) is 8.78. The summed E-state index contributed by atoms with van der Waals surface area (Å²) in [4.78, 5) is 8.65. The zero-order valence-electron chi connectivity index (χ0n) is 12.2. The van der Waals surface area contributed by atoms with Crippen molar-refractivity contribution in [2.24, 2.45) is 0 Å². The fourth-order valence-electron chi connectivity index (χ4n) is 2.05. The van der Waals surface area contributed by atoms with Gasteiger partial charge in [-0.3, -0.25) is 0 Å². The van der Waals surface area contributed by atoms with E-state index in [0.717, 1.165) is 5.56 Å². The van der Waals surface area contributed by atoms with E-state index in [9.17, 15) is 4.39 Å². The molecule has 0 N–H and O–H groups in total. The van der Waals surface area contributed by atoms with Gasteiger partial charge in [-0.15, -0.1) is 0 Å². The Balaban J connectivity index is 1.90. The molecule has 2 nitrogen and oxygen atoms in total. The predicted molar refractivity (Wildman–Crippen MR) is 106 cm³/mol. The molecule has 0 amide bonds. The zero-order chi connectivity index (χ0) is 17.1. The van der Waals surface area contributed by atoms with Crippen molar-refractivity contribution >= 4 is 57.9 Å². The van der Waals surface area contributed by atoms with Crippen LogP contribution in [0.1, 0.15) is 11.3 Å². The Bertz CT molecular complexity index is 929. The highest BCUT2D eigenvalue weighted by Crippen LogP contribution is 2.23. The molecule has 0 unspecified atom stereocenters. The molecule has 0 spiro atoms. The normalized spacial score (nSPS) is 11.2. The molecule has 3 rings (SSSR count). The highest BCUT2D eigenvalue weighted by atomic mass is 127. The van der Waals surface area contributed by atoms with Crippen LogP contribution >= 0.6 is 45.8 Å². The van der Waals surface area contributed by atoms with Gasteiger partial charge in [-0.1, -0.05) is 35.3 Å². The van der Waals surface area contributed by atoms with Crippen LogP contribution < -0.4 is 0 Å². The van der Waals surface area contributed by atoms with Crippen LogP contribution in [0.5, 0.6) is 0 Å². The van der Waals surface area contributed by atoms with Gasteiger partial charge >= 0.3 is 0 Å². The molecule has 0 aliphatic rings. The van der Waals surface area contributed by atoms with Crippen molar-refractivity contribution in [3.05, 3.63) is 79.4 Å². The summed E-state index contributed by atoms with van der Waals surface area (Å²) in [6, 6.07) is 12.0. The van der Waals surface area contributed by atoms with Gasteiger partial charge in [0.1, 0.15) is 5.82 Å². The van der Waals surface area contributed by atoms with E-state index in [1.54, 1.807) is 36.5 Å². The number of halogens is 4. The molecule has 0 fully saturated rings. The molecule has 0 saturated carbocycles. The minimum atomic E-state index is -0.286. The fraction of sp³-hybridized carbons (Fsp3) is 0. The van der Waals surface area contributed by atoms with Crippen LogP contribution in [0, 0.1) is 9.39 Å². The van der Waals surface area contributed by atoms with Crippen LogP contribution in [0.25, 0.3) is 23.5 Å². The highest BCUT2D eigenvalue weighted by Gasteiger charge is 2.06. The van der Waals surface area contributed by atoms with E-state index in [1.165, 1.54) is 6.07 Å². The molecule has 0 aliphatic heterocycles. The van der Waals surface area contributed by atoms with Gasteiger partial charge in [-0.25, -0.2) is 14.4 Å². The molecule has 0 saturated heterocycles. The van der Waals surface area contributed by atoms with Crippen LogP contribution in [0.2, 0.25) is 10.0 Å². The SMILES string of the molecule is Fc1cc(-c2nccc(C=Cc3ccc(Cl)cc3Cl)n2)ccc1I. The highest BCUT2D eigenvalue weighted by molar-refractivity contribution is 14.1. The van der Waals surface area contributed by atoms with E-state index >= 15 is 0 Å². The van der Waals surface area contributed by atoms with Gasteiger partial charge < -0.3 is 0 Å². The molecule has 24 heavy (non-hydrogen) atoms. The average Bonchev–Trinajstić information content (AvgIpc) is 2.57. The summed E-state index contributed by atoms with van der Waals surface area (Å²) in [5.74, 6) is 0.181. The first kappa shape index (κ1) is 17.3. The lowest BCUT2D eigenvalue weighted by Gasteiger charge is -2.03. The summed E-state index contributed by atoms with van der Waals surface area (Å²) in [5.41, 5.74) is 2.17. The number of aromatic nitrogens is 2. The van der Waals surface area contributed by atoms with Crippen molar-refractivity contribution in [1.82, 2.24) is 9.97 Å². The van der Waals surface area contributed by atoms with Crippen LogP contribution in [-0.2, 0) is 0 Å². The third-order valence-corrected chi connectivity index (χ3v) is 4.69. The second-order valence-corrected chi connectivity index (χ2v) is 6.94. The Morgan fingerprint density at radius 2 is 1.83 bits per heavy atom. The molecule has 6 heteroatoms. The second kappa shape index (κ2) is 7.59. The molecular weight excluding hydrogens is 461 g/mol. The average molecular weight is 471 g/mol. The third-order valence-electron chi connectivity index (χ3n) is 3.25. The summed E-state index contributed by atoms with van der Waals surface area (Å²) in [6.45, 7) is 0. The summed E-state index contributed by atoms with van der Waals surface area (Å²) >= 11 is 14.0. The number of hydrogen-bond donors (Lipinski definition) is 0. The monoisotopic (exact) mass is 470 g/mol. The quantitative estimate of drug-likeness (QED) is 0.416. The van der Waals surface area contributed by atoms with Crippen molar-refractivity contribution in [3.63, 3.8) is 0 Å². The topological polar surface area (TPSA) is 25.8 Å². The molecule has 2 aromatic carbocycles. The lowest BCUT2D eigenvalue weighted by molar-refractivity contribution is 0.620. The smallest absolute Gasteiger partial charge is 0.159 e. The summed E-state index contributed by atoms with van der Waals surface area (Å²) < 4.78 is 14.3. The van der Waals surface area contributed by atoms with E-state index in [2.05, 4.69) is 9.97 Å². The fourth-order valence-corrected chi connectivity index (χ4v) is 2.86. The van der Waals surface area contributed by atoms with Crippen LogP contribution in [0.3, 0.4) is 0 Å². The largest absolute Gasteiger partial charge is 0.237 e. The second-order valence-electron chi connectivity index (χ2n) is 4.93. The Morgan fingerprint density at radius 1 is 1.00 bits per heavy atom. The summed E-state index contributed by atoms with van der Waals surface area (Å²) in [7, 11) is 0. The predicted octanol–water partition coefficient (Wildman–Crippen LogP) is 6.36. The maximum absolute atomic E-state index is 13.7. The first-order valence-electron chi connectivity index (χ1n) is 6.94. The van der Waals surface area contributed by atoms with E-state index < -0.39 is 0 Å². The van der Waals surface area contributed by atoms with Crippen molar-refractivity contribution < 1.29 is 4.39 Å². The minimum Gasteiger partial charge on any atom is -0.237 e. The molecule has 0 aliphatic carbocycles. The Labute approximate surface area is 162 Å². The van der Waals surface area contributed by atoms with E-state index in [0.29, 0.717) is 30.7 Å². The maximum Gasteiger partial charge on any atom is 0.159 e. The molecular formula is C18H10Cl2FIN2. The van der Waals surface area contributed by atoms with E-state index in [1.807, 2.05) is 40.8 Å². The van der Waals surface area contributed by atoms with Crippen molar-refractivity contribution in [1.29, 1.82) is 0 Å². The lowest BCUT2D eigenvalue weighted by Crippen LogP contribution is -1.92. The van der Waals surface area contributed by atoms with Crippen molar-refractivity contribution in [2.75, 3.05) is 0 Å². The van der Waals surface area contributed by atoms with Crippen LogP contribution in [0.15, 0.2) is 48.7 Å². The number of nitrogens with zero attached hydrogens (tertiary/aromatic N) is 2. The van der Waals surface area contributed by atoms with Gasteiger partial charge in [0.15, 0.2) is 5.82 Å². The van der Waals surface area contributed by atoms with E-state index in [-0.39, 0.29) is 5.82 Å². The number of rotatable bonds is 3. The zero-order valence-corrected chi connectivity index (χ0v) is 15.8. The molecule has 0 radical (unpaired) electrons. The molecule has 0 bridgehead atoms. The standard InChI is InChI=1S/C18H10Cl2FIN2/c19-13-4-1-11(15(20)10-13)2-5-14-7-8-23-18(24-14)12-3-6-17(22)16(21)9-12/h1-10H. The van der Waals surface area contributed by atoms with Gasteiger partial charge in [0.25, 0.3) is 0 Å². The Morgan fingerprint density at radius 3 is 2.58 bits per heavy atom. The third kappa shape index (κ3) is 4.12. The van der Waals surface area contributed by atoms with Crippen LogP contribution in [-0.4, -0.2) is 9.97 Å². The van der Waals surface area contributed by atoms with Crippen LogP contribution in [0.4, 0.5) is 4.39 Å².